The monoisotopic (exact) mass is 252 g/mol. The second-order valence-corrected chi connectivity index (χ2v) is 5.89. The molecule has 0 atom stereocenters. The Morgan fingerprint density at radius 2 is 1.58 bits per heavy atom. The van der Waals surface area contributed by atoms with Crippen LogP contribution in [0.5, 0.6) is 0 Å². The quantitative estimate of drug-likeness (QED) is 0.560. The number of para-hydroxylation sites is 1. The molecule has 96 valence electrons. The third-order valence-corrected chi connectivity index (χ3v) is 3.44. The standard InChI is InChI=1S/C17H16O2/c1-17(2,3)11-8-9-15-13(10-11)16(18)12-6-4-5-7-14(12)19-15/h4-10H,1-3H3. The van der Waals surface area contributed by atoms with E-state index in [2.05, 4.69) is 20.8 Å². The molecule has 2 aromatic carbocycles. The lowest BCUT2D eigenvalue weighted by Gasteiger charge is -2.19. The molecule has 0 aliphatic heterocycles. The molecule has 3 rings (SSSR count). The molecule has 2 nitrogen and oxygen atoms in total. The molecular weight excluding hydrogens is 236 g/mol. The summed E-state index contributed by atoms with van der Waals surface area (Å²) < 4.78 is 5.79. The zero-order valence-electron chi connectivity index (χ0n) is 11.4. The molecule has 0 fully saturated rings. The molecule has 0 amide bonds. The van der Waals surface area contributed by atoms with Crippen LogP contribution in [0.4, 0.5) is 0 Å². The number of rotatable bonds is 0. The lowest BCUT2D eigenvalue weighted by Crippen LogP contribution is -2.12. The Labute approximate surface area is 111 Å². The molecule has 0 saturated heterocycles. The van der Waals surface area contributed by atoms with E-state index in [9.17, 15) is 4.79 Å². The highest BCUT2D eigenvalue weighted by Crippen LogP contribution is 2.26. The highest BCUT2D eigenvalue weighted by molar-refractivity contribution is 5.89. The van der Waals surface area contributed by atoms with Crippen molar-refractivity contribution in [3.8, 4) is 0 Å². The van der Waals surface area contributed by atoms with Crippen molar-refractivity contribution in [2.75, 3.05) is 0 Å². The van der Waals surface area contributed by atoms with E-state index in [-0.39, 0.29) is 10.8 Å². The van der Waals surface area contributed by atoms with Crippen molar-refractivity contribution in [2.24, 2.45) is 0 Å². The van der Waals surface area contributed by atoms with Gasteiger partial charge in [-0.1, -0.05) is 39.0 Å². The van der Waals surface area contributed by atoms with E-state index < -0.39 is 0 Å². The second kappa shape index (κ2) is 3.95. The number of hydrogen-bond donors (Lipinski definition) is 0. The molecule has 2 heteroatoms. The fourth-order valence-electron chi connectivity index (χ4n) is 2.27. The van der Waals surface area contributed by atoms with Crippen molar-refractivity contribution in [1.82, 2.24) is 0 Å². The van der Waals surface area contributed by atoms with Crippen LogP contribution in [0.2, 0.25) is 0 Å². The van der Waals surface area contributed by atoms with Crippen molar-refractivity contribution in [3.63, 3.8) is 0 Å². The molecule has 0 bridgehead atoms. The summed E-state index contributed by atoms with van der Waals surface area (Å²) in [5.74, 6) is 0. The average molecular weight is 252 g/mol. The summed E-state index contributed by atoms with van der Waals surface area (Å²) in [6.07, 6.45) is 0. The molecule has 3 aromatic rings. The highest BCUT2D eigenvalue weighted by Gasteiger charge is 2.16. The number of benzene rings is 2. The maximum absolute atomic E-state index is 12.5. The largest absolute Gasteiger partial charge is 0.456 e. The minimum atomic E-state index is 0.0201. The summed E-state index contributed by atoms with van der Waals surface area (Å²) >= 11 is 0. The minimum absolute atomic E-state index is 0.0201. The first-order valence-corrected chi connectivity index (χ1v) is 6.43. The Balaban J connectivity index is 2.43. The van der Waals surface area contributed by atoms with Gasteiger partial charge in [-0.05, 0) is 35.2 Å². The Hall–Kier alpha value is -2.09. The first-order valence-electron chi connectivity index (χ1n) is 6.43. The van der Waals surface area contributed by atoms with Crippen LogP contribution in [-0.2, 0) is 5.41 Å². The van der Waals surface area contributed by atoms with Crippen molar-refractivity contribution in [1.29, 1.82) is 0 Å². The van der Waals surface area contributed by atoms with Gasteiger partial charge < -0.3 is 4.42 Å². The van der Waals surface area contributed by atoms with Crippen LogP contribution in [0.25, 0.3) is 21.9 Å². The van der Waals surface area contributed by atoms with Crippen LogP contribution in [-0.4, -0.2) is 0 Å². The molecule has 0 unspecified atom stereocenters. The van der Waals surface area contributed by atoms with Gasteiger partial charge in [0.1, 0.15) is 11.2 Å². The van der Waals surface area contributed by atoms with Crippen LogP contribution >= 0.6 is 0 Å². The van der Waals surface area contributed by atoms with E-state index in [1.807, 2.05) is 42.5 Å². The van der Waals surface area contributed by atoms with Gasteiger partial charge >= 0.3 is 0 Å². The number of fused-ring (bicyclic) bond motifs is 2. The van der Waals surface area contributed by atoms with E-state index in [1.54, 1.807) is 0 Å². The van der Waals surface area contributed by atoms with Gasteiger partial charge in [0.2, 0.25) is 5.43 Å². The lowest BCUT2D eigenvalue weighted by molar-refractivity contribution is 0.590. The SMILES string of the molecule is CC(C)(C)c1ccc2oc3ccccc3c(=O)c2c1. The van der Waals surface area contributed by atoms with Crippen LogP contribution in [0.1, 0.15) is 26.3 Å². The molecule has 0 spiro atoms. The minimum Gasteiger partial charge on any atom is -0.456 e. The molecule has 1 heterocycles. The predicted octanol–water partition coefficient (Wildman–Crippen LogP) is 4.24. The van der Waals surface area contributed by atoms with Gasteiger partial charge in [0, 0.05) is 0 Å². The Kier molecular flexibility index (Phi) is 2.49. The zero-order chi connectivity index (χ0) is 13.6. The molecule has 19 heavy (non-hydrogen) atoms. The van der Waals surface area contributed by atoms with Gasteiger partial charge in [0.05, 0.1) is 10.8 Å². The van der Waals surface area contributed by atoms with Gasteiger partial charge in [-0.2, -0.15) is 0 Å². The van der Waals surface area contributed by atoms with Crippen LogP contribution in [0, 0.1) is 0 Å². The third-order valence-electron chi connectivity index (χ3n) is 3.44. The average Bonchev–Trinajstić information content (AvgIpc) is 2.37. The summed E-state index contributed by atoms with van der Waals surface area (Å²) in [6.45, 7) is 6.41. The second-order valence-electron chi connectivity index (χ2n) is 5.89. The molecular formula is C17H16O2. The van der Waals surface area contributed by atoms with Gasteiger partial charge in [-0.25, -0.2) is 0 Å². The summed E-state index contributed by atoms with van der Waals surface area (Å²) in [5, 5.41) is 1.30. The van der Waals surface area contributed by atoms with E-state index in [0.717, 1.165) is 5.56 Å². The number of hydrogen-bond acceptors (Lipinski definition) is 2. The van der Waals surface area contributed by atoms with E-state index >= 15 is 0 Å². The molecule has 0 aliphatic rings. The summed E-state index contributed by atoms with van der Waals surface area (Å²) in [5.41, 5.74) is 2.50. The van der Waals surface area contributed by atoms with Crippen LogP contribution in [0.15, 0.2) is 51.7 Å². The summed E-state index contributed by atoms with van der Waals surface area (Å²) in [4.78, 5) is 12.5. The highest BCUT2D eigenvalue weighted by atomic mass is 16.3. The van der Waals surface area contributed by atoms with Gasteiger partial charge in [0.25, 0.3) is 0 Å². The van der Waals surface area contributed by atoms with Crippen LogP contribution in [0.3, 0.4) is 0 Å². The predicted molar refractivity (Wildman–Crippen MR) is 78.7 cm³/mol. The Morgan fingerprint density at radius 1 is 0.895 bits per heavy atom. The Bertz CT molecular complexity index is 820. The molecule has 0 radical (unpaired) electrons. The lowest BCUT2D eigenvalue weighted by atomic mass is 9.86. The van der Waals surface area contributed by atoms with Gasteiger partial charge in [-0.3, -0.25) is 4.79 Å². The molecule has 0 N–H and O–H groups in total. The smallest absolute Gasteiger partial charge is 0.200 e. The summed E-state index contributed by atoms with van der Waals surface area (Å²) in [6, 6.07) is 13.2. The van der Waals surface area contributed by atoms with E-state index in [1.165, 1.54) is 0 Å². The summed E-state index contributed by atoms with van der Waals surface area (Å²) in [7, 11) is 0. The molecule has 0 saturated carbocycles. The fourth-order valence-corrected chi connectivity index (χ4v) is 2.27. The Morgan fingerprint density at radius 3 is 2.32 bits per heavy atom. The maximum atomic E-state index is 12.5. The topological polar surface area (TPSA) is 30.2 Å². The molecule has 0 aliphatic carbocycles. The fraction of sp³-hybridized carbons (Fsp3) is 0.235. The third kappa shape index (κ3) is 1.93. The zero-order valence-corrected chi connectivity index (χ0v) is 11.4. The first-order chi connectivity index (χ1) is 8.97. The van der Waals surface area contributed by atoms with E-state index in [0.29, 0.717) is 21.9 Å². The van der Waals surface area contributed by atoms with Gasteiger partial charge in [0.15, 0.2) is 0 Å². The normalized spacial score (nSPS) is 12.2. The van der Waals surface area contributed by atoms with Crippen LogP contribution < -0.4 is 5.43 Å². The molecule has 1 aromatic heterocycles. The maximum Gasteiger partial charge on any atom is 0.200 e. The van der Waals surface area contributed by atoms with Crippen molar-refractivity contribution < 1.29 is 4.42 Å². The first kappa shape index (κ1) is 12.0. The van der Waals surface area contributed by atoms with Crippen molar-refractivity contribution in [3.05, 3.63) is 58.3 Å². The van der Waals surface area contributed by atoms with Crippen molar-refractivity contribution >= 4 is 21.9 Å². The van der Waals surface area contributed by atoms with E-state index in [4.69, 9.17) is 4.42 Å². The van der Waals surface area contributed by atoms with Gasteiger partial charge in [-0.15, -0.1) is 0 Å². The van der Waals surface area contributed by atoms with Crippen molar-refractivity contribution in [2.45, 2.75) is 26.2 Å².